The van der Waals surface area contributed by atoms with Crippen LogP contribution in [0, 0.1) is 18.6 Å². The number of benzene rings is 2. The first-order chi connectivity index (χ1) is 15.3. The predicted molar refractivity (Wildman–Crippen MR) is 114 cm³/mol. The second-order valence-corrected chi connectivity index (χ2v) is 8.33. The van der Waals surface area contributed by atoms with Crippen LogP contribution in [0.5, 0.6) is 5.75 Å². The smallest absolute Gasteiger partial charge is 0.422 e. The number of hydrogen-bond acceptors (Lipinski definition) is 5. The molecule has 0 aliphatic rings. The number of nitrogens with zero attached hydrogens (tertiary/aromatic N) is 3. The van der Waals surface area contributed by atoms with Crippen LogP contribution in [0.25, 0.3) is 10.9 Å². The first-order valence-electron chi connectivity index (χ1n) is 9.87. The van der Waals surface area contributed by atoms with Gasteiger partial charge < -0.3 is 9.84 Å². The molecule has 176 valence electrons. The summed E-state index contributed by atoms with van der Waals surface area (Å²) in [5.74, 6) is -0.879. The molecular weight excluding hydrogens is 445 g/mol. The van der Waals surface area contributed by atoms with Crippen LogP contribution < -0.4 is 4.74 Å². The second-order valence-electron chi connectivity index (χ2n) is 8.33. The third kappa shape index (κ3) is 4.95. The van der Waals surface area contributed by atoms with Gasteiger partial charge in [-0.05, 0) is 49.1 Å². The van der Waals surface area contributed by atoms with E-state index in [1.54, 1.807) is 6.92 Å². The SMILES string of the molecule is COc1ccc(F)cc1C(C)(C)CC(O)(/C=N\c1ccc(F)c2nc(C)ncc12)C(F)(F)F. The van der Waals surface area contributed by atoms with E-state index in [-0.39, 0.29) is 33.7 Å². The maximum Gasteiger partial charge on any atom is 0.422 e. The molecule has 0 saturated carbocycles. The maximum atomic E-state index is 14.1. The number of aliphatic hydroxyl groups is 1. The van der Waals surface area contributed by atoms with E-state index in [1.807, 2.05) is 0 Å². The Morgan fingerprint density at radius 3 is 2.45 bits per heavy atom. The molecule has 1 N–H and O–H groups in total. The van der Waals surface area contributed by atoms with Crippen molar-refractivity contribution in [1.29, 1.82) is 0 Å². The minimum Gasteiger partial charge on any atom is -0.496 e. The highest BCUT2D eigenvalue weighted by molar-refractivity contribution is 5.91. The third-order valence-electron chi connectivity index (χ3n) is 5.31. The average molecular weight is 467 g/mol. The van der Waals surface area contributed by atoms with E-state index in [1.165, 1.54) is 39.3 Å². The second kappa shape index (κ2) is 8.66. The lowest BCUT2D eigenvalue weighted by molar-refractivity contribution is -0.234. The summed E-state index contributed by atoms with van der Waals surface area (Å²) in [6, 6.07) is 5.69. The zero-order valence-electron chi connectivity index (χ0n) is 18.3. The Kier molecular flexibility index (Phi) is 6.43. The molecule has 0 fully saturated rings. The van der Waals surface area contributed by atoms with E-state index in [0.29, 0.717) is 6.21 Å². The lowest BCUT2D eigenvalue weighted by Gasteiger charge is -2.36. The summed E-state index contributed by atoms with van der Waals surface area (Å²) in [5, 5.41) is 10.8. The molecule has 0 amide bonds. The number of aryl methyl sites for hydroxylation is 1. The van der Waals surface area contributed by atoms with Crippen molar-refractivity contribution in [2.24, 2.45) is 4.99 Å². The molecule has 1 heterocycles. The van der Waals surface area contributed by atoms with Gasteiger partial charge in [0.2, 0.25) is 0 Å². The molecule has 0 aliphatic heterocycles. The van der Waals surface area contributed by atoms with Gasteiger partial charge in [-0.15, -0.1) is 0 Å². The van der Waals surface area contributed by atoms with Crippen LogP contribution in [0.3, 0.4) is 0 Å². The molecule has 0 spiro atoms. The summed E-state index contributed by atoms with van der Waals surface area (Å²) in [6.07, 6.45) is -4.38. The average Bonchev–Trinajstić information content (AvgIpc) is 2.72. The molecule has 1 aromatic heterocycles. The van der Waals surface area contributed by atoms with E-state index in [9.17, 15) is 27.1 Å². The summed E-state index contributed by atoms with van der Waals surface area (Å²) in [5.41, 5.74) is -4.76. The zero-order valence-corrected chi connectivity index (χ0v) is 18.3. The number of rotatable bonds is 6. The van der Waals surface area contributed by atoms with Gasteiger partial charge in [-0.1, -0.05) is 13.8 Å². The number of aliphatic imine (C=N–C) groups is 1. The highest BCUT2D eigenvalue weighted by Crippen LogP contribution is 2.43. The molecule has 1 atom stereocenters. The third-order valence-corrected chi connectivity index (χ3v) is 5.31. The van der Waals surface area contributed by atoms with Crippen LogP contribution in [0.1, 0.15) is 31.7 Å². The zero-order chi connectivity index (χ0) is 24.6. The van der Waals surface area contributed by atoms with E-state index in [2.05, 4.69) is 15.0 Å². The lowest BCUT2D eigenvalue weighted by atomic mass is 9.74. The van der Waals surface area contributed by atoms with Crippen LogP contribution in [0.2, 0.25) is 0 Å². The van der Waals surface area contributed by atoms with Crippen LogP contribution in [0.15, 0.2) is 41.5 Å². The number of aromatic nitrogens is 2. The Balaban J connectivity index is 2.06. The van der Waals surface area contributed by atoms with Crippen molar-refractivity contribution in [3.63, 3.8) is 0 Å². The molecule has 10 heteroatoms. The van der Waals surface area contributed by atoms with Crippen molar-refractivity contribution in [1.82, 2.24) is 9.97 Å². The van der Waals surface area contributed by atoms with Gasteiger partial charge in [-0.3, -0.25) is 4.99 Å². The topological polar surface area (TPSA) is 67.6 Å². The molecule has 33 heavy (non-hydrogen) atoms. The number of fused-ring (bicyclic) bond motifs is 1. The van der Waals surface area contributed by atoms with E-state index in [4.69, 9.17) is 4.74 Å². The van der Waals surface area contributed by atoms with Gasteiger partial charge >= 0.3 is 6.18 Å². The van der Waals surface area contributed by atoms with Crippen molar-refractivity contribution < 1.29 is 31.8 Å². The summed E-state index contributed by atoms with van der Waals surface area (Å²) in [6.45, 7) is 4.40. The van der Waals surface area contributed by atoms with Gasteiger partial charge in [-0.2, -0.15) is 13.2 Å². The van der Waals surface area contributed by atoms with E-state index >= 15 is 0 Å². The van der Waals surface area contributed by atoms with Crippen molar-refractivity contribution in [3.8, 4) is 5.75 Å². The van der Waals surface area contributed by atoms with Crippen molar-refractivity contribution >= 4 is 22.8 Å². The minimum atomic E-state index is -5.11. The molecule has 0 aliphatic carbocycles. The molecule has 3 rings (SSSR count). The highest BCUT2D eigenvalue weighted by atomic mass is 19.4. The van der Waals surface area contributed by atoms with Crippen LogP contribution in [-0.4, -0.2) is 40.2 Å². The molecule has 1 unspecified atom stereocenters. The van der Waals surface area contributed by atoms with Gasteiger partial charge in [0.05, 0.1) is 12.8 Å². The Morgan fingerprint density at radius 1 is 1.12 bits per heavy atom. The quantitative estimate of drug-likeness (QED) is 0.379. The standard InChI is InChI=1S/C23H22F5N3O2/c1-13-29-10-15-18(7-6-17(25)20(15)31-13)30-12-22(32,23(26,27)28)11-21(2,3)16-9-14(24)5-8-19(16)33-4/h5-10,12,32H,11H2,1-4H3/b30-12-. The molecule has 3 aromatic rings. The summed E-state index contributed by atoms with van der Waals surface area (Å²) < 4.78 is 75.2. The number of methoxy groups -OCH3 is 1. The minimum absolute atomic E-state index is 0.0461. The Bertz CT molecular complexity index is 1210. The number of ether oxygens (including phenoxy) is 1. The number of hydrogen-bond donors (Lipinski definition) is 1. The van der Waals surface area contributed by atoms with E-state index in [0.717, 1.165) is 18.2 Å². The first-order valence-corrected chi connectivity index (χ1v) is 9.87. The fourth-order valence-corrected chi connectivity index (χ4v) is 3.65. The summed E-state index contributed by atoms with van der Waals surface area (Å²) in [4.78, 5) is 11.7. The van der Waals surface area contributed by atoms with Gasteiger partial charge in [0.15, 0.2) is 5.60 Å². The van der Waals surface area contributed by atoms with Gasteiger partial charge in [0.1, 0.15) is 28.7 Å². The number of alkyl halides is 3. The fraction of sp³-hybridized carbons (Fsp3) is 0.348. The van der Waals surface area contributed by atoms with Crippen LogP contribution in [-0.2, 0) is 5.41 Å². The monoisotopic (exact) mass is 467 g/mol. The van der Waals surface area contributed by atoms with Gasteiger partial charge in [0, 0.05) is 23.4 Å². The summed E-state index contributed by atoms with van der Waals surface area (Å²) >= 11 is 0. The maximum absolute atomic E-state index is 14.1. The van der Waals surface area contributed by atoms with Crippen LogP contribution in [0.4, 0.5) is 27.6 Å². The van der Waals surface area contributed by atoms with Gasteiger partial charge in [0.25, 0.3) is 0 Å². The largest absolute Gasteiger partial charge is 0.496 e. The van der Waals surface area contributed by atoms with E-state index < -0.39 is 35.2 Å². The van der Waals surface area contributed by atoms with Crippen molar-refractivity contribution in [2.45, 2.75) is 44.4 Å². The molecule has 5 nitrogen and oxygen atoms in total. The summed E-state index contributed by atoms with van der Waals surface area (Å²) in [7, 11) is 1.31. The lowest BCUT2D eigenvalue weighted by Crippen LogP contribution is -2.50. The van der Waals surface area contributed by atoms with Gasteiger partial charge in [-0.25, -0.2) is 18.7 Å². The predicted octanol–water partition coefficient (Wildman–Crippen LogP) is 5.59. The Labute approximate surface area is 187 Å². The van der Waals surface area contributed by atoms with Crippen molar-refractivity contribution in [2.75, 3.05) is 7.11 Å². The normalized spacial score (nSPS) is 14.6. The molecule has 2 aromatic carbocycles. The molecule has 0 bridgehead atoms. The Morgan fingerprint density at radius 2 is 1.82 bits per heavy atom. The molecule has 0 saturated heterocycles. The number of halogens is 5. The van der Waals surface area contributed by atoms with Crippen molar-refractivity contribution in [3.05, 3.63) is 59.6 Å². The van der Waals surface area contributed by atoms with Crippen LogP contribution >= 0.6 is 0 Å². The fourth-order valence-electron chi connectivity index (χ4n) is 3.65. The molecule has 0 radical (unpaired) electrons. The highest BCUT2D eigenvalue weighted by Gasteiger charge is 2.55. The Hall–Kier alpha value is -3.14. The first kappa shape index (κ1) is 24.5. The molecular formula is C23H22F5N3O2.